The number of phenolic OH excluding ortho intramolecular Hbond substituents is 1. The standard InChI is InChI=1S/C14H14N2O3/c1-9-5-6-10(8-12(9)17)16-13(18)11-4-3-7-15-14(11)19-2/h3-8,17H,1-2H3,(H,16,18). The Kier molecular flexibility index (Phi) is 3.66. The molecule has 2 aromatic rings. The number of benzene rings is 1. The van der Waals surface area contributed by atoms with Crippen molar-refractivity contribution in [2.75, 3.05) is 12.4 Å². The first-order valence-corrected chi connectivity index (χ1v) is 5.72. The Bertz CT molecular complexity index is 611. The number of methoxy groups -OCH3 is 1. The molecule has 1 amide bonds. The van der Waals surface area contributed by atoms with Crippen LogP contribution in [-0.2, 0) is 0 Å². The largest absolute Gasteiger partial charge is 0.508 e. The van der Waals surface area contributed by atoms with Crippen molar-refractivity contribution >= 4 is 11.6 Å². The molecule has 0 saturated heterocycles. The number of nitrogens with zero attached hydrogens (tertiary/aromatic N) is 1. The van der Waals surface area contributed by atoms with E-state index in [1.807, 2.05) is 0 Å². The summed E-state index contributed by atoms with van der Waals surface area (Å²) in [5.74, 6) is 0.0560. The van der Waals surface area contributed by atoms with Crippen LogP contribution in [0.5, 0.6) is 11.6 Å². The van der Waals surface area contributed by atoms with Gasteiger partial charge in [0.05, 0.1) is 7.11 Å². The van der Waals surface area contributed by atoms with Gasteiger partial charge in [-0.1, -0.05) is 6.07 Å². The van der Waals surface area contributed by atoms with Crippen LogP contribution in [0.25, 0.3) is 0 Å². The van der Waals surface area contributed by atoms with Crippen molar-refractivity contribution in [1.82, 2.24) is 4.98 Å². The Hall–Kier alpha value is -2.56. The Morgan fingerprint density at radius 2 is 2.16 bits per heavy atom. The van der Waals surface area contributed by atoms with Gasteiger partial charge in [0.15, 0.2) is 0 Å². The highest BCUT2D eigenvalue weighted by molar-refractivity contribution is 6.05. The van der Waals surface area contributed by atoms with Crippen molar-refractivity contribution in [3.8, 4) is 11.6 Å². The molecule has 0 fully saturated rings. The van der Waals surface area contributed by atoms with E-state index in [0.717, 1.165) is 5.56 Å². The maximum absolute atomic E-state index is 12.1. The third-order valence-electron chi connectivity index (χ3n) is 2.68. The fourth-order valence-corrected chi connectivity index (χ4v) is 1.61. The van der Waals surface area contributed by atoms with Crippen molar-refractivity contribution in [2.45, 2.75) is 6.92 Å². The number of pyridine rings is 1. The number of phenols is 1. The van der Waals surface area contributed by atoms with E-state index in [-0.39, 0.29) is 17.5 Å². The van der Waals surface area contributed by atoms with E-state index >= 15 is 0 Å². The van der Waals surface area contributed by atoms with Crippen LogP contribution < -0.4 is 10.1 Å². The number of carbonyl (C=O) groups is 1. The first kappa shape index (κ1) is 12.9. The number of nitrogens with one attached hydrogen (secondary N) is 1. The minimum Gasteiger partial charge on any atom is -0.508 e. The second-order valence-electron chi connectivity index (χ2n) is 4.02. The number of hydrogen-bond donors (Lipinski definition) is 2. The lowest BCUT2D eigenvalue weighted by Gasteiger charge is -2.09. The van der Waals surface area contributed by atoms with Gasteiger partial charge in [-0.25, -0.2) is 4.98 Å². The molecule has 2 rings (SSSR count). The van der Waals surface area contributed by atoms with E-state index < -0.39 is 0 Å². The maximum atomic E-state index is 12.1. The van der Waals surface area contributed by atoms with Crippen molar-refractivity contribution in [1.29, 1.82) is 0 Å². The Morgan fingerprint density at radius 1 is 1.37 bits per heavy atom. The molecule has 0 spiro atoms. The topological polar surface area (TPSA) is 71.5 Å². The number of carbonyl (C=O) groups excluding carboxylic acids is 1. The molecular weight excluding hydrogens is 244 g/mol. The molecule has 0 saturated carbocycles. The summed E-state index contributed by atoms with van der Waals surface area (Å²) in [4.78, 5) is 16.0. The van der Waals surface area contributed by atoms with Crippen molar-refractivity contribution in [3.63, 3.8) is 0 Å². The molecule has 0 atom stereocenters. The summed E-state index contributed by atoms with van der Waals surface area (Å²) in [5.41, 5.74) is 1.60. The smallest absolute Gasteiger partial charge is 0.261 e. The van der Waals surface area contributed by atoms with Crippen molar-refractivity contribution in [3.05, 3.63) is 47.7 Å². The molecule has 0 aliphatic rings. The van der Waals surface area contributed by atoms with Gasteiger partial charge in [0.25, 0.3) is 5.91 Å². The minimum absolute atomic E-state index is 0.135. The van der Waals surface area contributed by atoms with Crippen LogP contribution in [0.4, 0.5) is 5.69 Å². The van der Waals surface area contributed by atoms with E-state index in [0.29, 0.717) is 11.3 Å². The summed E-state index contributed by atoms with van der Waals surface area (Å²) in [6.07, 6.45) is 1.55. The number of rotatable bonds is 3. The van der Waals surface area contributed by atoms with E-state index in [1.165, 1.54) is 13.2 Å². The van der Waals surface area contributed by atoms with E-state index in [9.17, 15) is 9.90 Å². The van der Waals surface area contributed by atoms with Crippen LogP contribution in [0.15, 0.2) is 36.5 Å². The second kappa shape index (κ2) is 5.39. The number of anilines is 1. The average Bonchev–Trinajstić information content (AvgIpc) is 2.43. The Morgan fingerprint density at radius 3 is 2.84 bits per heavy atom. The molecular formula is C14H14N2O3. The summed E-state index contributed by atoms with van der Waals surface area (Å²) in [5, 5.41) is 12.3. The summed E-state index contributed by atoms with van der Waals surface area (Å²) in [6.45, 7) is 1.78. The lowest BCUT2D eigenvalue weighted by atomic mass is 10.2. The summed E-state index contributed by atoms with van der Waals surface area (Å²) < 4.78 is 5.03. The lowest BCUT2D eigenvalue weighted by Crippen LogP contribution is -2.13. The molecule has 1 aromatic carbocycles. The zero-order valence-electron chi connectivity index (χ0n) is 10.7. The van der Waals surface area contributed by atoms with Crippen LogP contribution >= 0.6 is 0 Å². The Balaban J connectivity index is 2.23. The third-order valence-corrected chi connectivity index (χ3v) is 2.68. The zero-order valence-corrected chi connectivity index (χ0v) is 10.7. The van der Waals surface area contributed by atoms with Gasteiger partial charge in [0.2, 0.25) is 5.88 Å². The lowest BCUT2D eigenvalue weighted by molar-refractivity contribution is 0.102. The molecule has 0 unspecified atom stereocenters. The highest BCUT2D eigenvalue weighted by Gasteiger charge is 2.13. The molecule has 5 heteroatoms. The molecule has 0 bridgehead atoms. The number of ether oxygens (including phenoxy) is 1. The quantitative estimate of drug-likeness (QED) is 0.886. The highest BCUT2D eigenvalue weighted by Crippen LogP contribution is 2.22. The molecule has 1 aromatic heterocycles. The first-order chi connectivity index (χ1) is 9.11. The second-order valence-corrected chi connectivity index (χ2v) is 4.02. The zero-order chi connectivity index (χ0) is 13.8. The monoisotopic (exact) mass is 258 g/mol. The van der Waals surface area contributed by atoms with Gasteiger partial charge in [-0.05, 0) is 30.7 Å². The van der Waals surface area contributed by atoms with Crippen LogP contribution in [0.3, 0.4) is 0 Å². The molecule has 98 valence electrons. The van der Waals surface area contributed by atoms with Gasteiger partial charge in [-0.2, -0.15) is 0 Å². The van der Waals surface area contributed by atoms with Gasteiger partial charge >= 0.3 is 0 Å². The van der Waals surface area contributed by atoms with Crippen LogP contribution in [0.2, 0.25) is 0 Å². The number of aryl methyl sites for hydroxylation is 1. The first-order valence-electron chi connectivity index (χ1n) is 5.72. The van der Waals surface area contributed by atoms with Crippen LogP contribution in [0, 0.1) is 6.92 Å². The fraction of sp³-hybridized carbons (Fsp3) is 0.143. The molecule has 1 heterocycles. The molecule has 19 heavy (non-hydrogen) atoms. The maximum Gasteiger partial charge on any atom is 0.261 e. The summed E-state index contributed by atoms with van der Waals surface area (Å²) >= 11 is 0. The van der Waals surface area contributed by atoms with E-state index in [4.69, 9.17) is 4.74 Å². The van der Waals surface area contributed by atoms with Gasteiger partial charge < -0.3 is 15.2 Å². The molecule has 0 aliphatic heterocycles. The minimum atomic E-state index is -0.340. The SMILES string of the molecule is COc1ncccc1C(=O)Nc1ccc(C)c(O)c1. The molecule has 2 N–H and O–H groups in total. The molecule has 0 radical (unpaired) electrons. The Labute approximate surface area is 110 Å². The number of aromatic nitrogens is 1. The van der Waals surface area contributed by atoms with Crippen molar-refractivity contribution < 1.29 is 14.6 Å². The number of aromatic hydroxyl groups is 1. The third kappa shape index (κ3) is 2.82. The van der Waals surface area contributed by atoms with Gasteiger partial charge in [-0.15, -0.1) is 0 Å². The summed E-state index contributed by atoms with van der Waals surface area (Å²) in [6, 6.07) is 8.22. The van der Waals surface area contributed by atoms with E-state index in [2.05, 4.69) is 10.3 Å². The fourth-order valence-electron chi connectivity index (χ4n) is 1.61. The number of amides is 1. The van der Waals surface area contributed by atoms with Crippen LogP contribution in [-0.4, -0.2) is 23.1 Å². The predicted molar refractivity (Wildman–Crippen MR) is 71.6 cm³/mol. The molecule has 0 aliphatic carbocycles. The van der Waals surface area contributed by atoms with Crippen molar-refractivity contribution in [2.24, 2.45) is 0 Å². The summed E-state index contributed by atoms with van der Waals surface area (Å²) in [7, 11) is 1.46. The number of hydrogen-bond acceptors (Lipinski definition) is 4. The van der Waals surface area contributed by atoms with Gasteiger partial charge in [0, 0.05) is 18.0 Å². The van der Waals surface area contributed by atoms with Gasteiger partial charge in [-0.3, -0.25) is 4.79 Å². The molecule has 5 nitrogen and oxygen atoms in total. The normalized spacial score (nSPS) is 10.0. The van der Waals surface area contributed by atoms with Gasteiger partial charge in [0.1, 0.15) is 11.3 Å². The average molecular weight is 258 g/mol. The van der Waals surface area contributed by atoms with E-state index in [1.54, 1.807) is 37.4 Å². The predicted octanol–water partition coefficient (Wildman–Crippen LogP) is 2.36. The van der Waals surface area contributed by atoms with Crippen LogP contribution in [0.1, 0.15) is 15.9 Å². The highest BCUT2D eigenvalue weighted by atomic mass is 16.5.